The van der Waals surface area contributed by atoms with Crippen molar-refractivity contribution in [2.75, 3.05) is 5.32 Å². The number of hydrogen-bond donors (Lipinski definition) is 1. The number of hydrogen-bond acceptors (Lipinski definition) is 7. The molecular weight excluding hydrogens is 555 g/mol. The monoisotopic (exact) mass is 568 g/mol. The minimum Gasteiger partial charge on any atom is -0.309 e. The maximum absolute atomic E-state index is 12.9. The second-order valence-electron chi connectivity index (χ2n) is 6.61. The van der Waals surface area contributed by atoms with Gasteiger partial charge in [0.1, 0.15) is 5.82 Å². The van der Waals surface area contributed by atoms with Gasteiger partial charge in [-0.2, -0.15) is 4.68 Å². The lowest BCUT2D eigenvalue weighted by molar-refractivity contribution is -0.115. The molecule has 12 heteroatoms. The predicted octanol–water partition coefficient (Wildman–Crippen LogP) is 5.90. The summed E-state index contributed by atoms with van der Waals surface area (Å²) in [6.07, 6.45) is 0.492. The third-order valence-electron chi connectivity index (χ3n) is 4.36. The fourth-order valence-corrected chi connectivity index (χ4v) is 5.52. The molecule has 4 rings (SSSR count). The van der Waals surface area contributed by atoms with E-state index in [0.29, 0.717) is 31.4 Å². The van der Waals surface area contributed by atoms with Crippen LogP contribution in [-0.4, -0.2) is 36.3 Å². The van der Waals surface area contributed by atoms with E-state index >= 15 is 0 Å². The summed E-state index contributed by atoms with van der Waals surface area (Å²) in [5.41, 5.74) is 1.67. The second kappa shape index (κ2) is 10.3. The van der Waals surface area contributed by atoms with Crippen LogP contribution in [0.3, 0.4) is 0 Å². The Morgan fingerprint density at radius 3 is 2.81 bits per heavy atom. The molecule has 1 N–H and O–H groups in total. The fraction of sp³-hybridized carbons (Fsp3) is 0.150. The summed E-state index contributed by atoms with van der Waals surface area (Å²) in [4.78, 5) is 18.2. The maximum atomic E-state index is 12.9. The Balaban J connectivity index is 1.48. The molecule has 0 spiro atoms. The van der Waals surface area contributed by atoms with E-state index in [2.05, 4.69) is 41.8 Å². The molecule has 2 aromatic carbocycles. The number of benzene rings is 2. The number of aromatic nitrogens is 5. The van der Waals surface area contributed by atoms with E-state index in [1.807, 2.05) is 36.4 Å². The summed E-state index contributed by atoms with van der Waals surface area (Å²) in [7, 11) is 0. The number of thioether (sulfide) groups is 1. The Kier molecular flexibility index (Phi) is 7.47. The molecule has 0 aliphatic heterocycles. The van der Waals surface area contributed by atoms with Gasteiger partial charge in [0, 0.05) is 16.5 Å². The lowest BCUT2D eigenvalue weighted by Gasteiger charge is -2.12. The zero-order valence-corrected chi connectivity index (χ0v) is 21.2. The highest BCUT2D eigenvalue weighted by Crippen LogP contribution is 2.33. The maximum Gasteiger partial charge on any atom is 0.238 e. The van der Waals surface area contributed by atoms with E-state index in [1.54, 1.807) is 23.7 Å². The first kappa shape index (κ1) is 23.2. The average Bonchev–Trinajstić information content (AvgIpc) is 3.37. The molecular formula is C20H15BrCl2N6OS2. The van der Waals surface area contributed by atoms with Crippen molar-refractivity contribution < 1.29 is 4.79 Å². The van der Waals surface area contributed by atoms with Gasteiger partial charge >= 0.3 is 0 Å². The zero-order chi connectivity index (χ0) is 22.7. The number of nitrogens with zero attached hydrogens (tertiary/aromatic N) is 5. The molecule has 0 fully saturated rings. The minimum absolute atomic E-state index is 0.214. The highest BCUT2D eigenvalue weighted by Gasteiger charge is 2.22. The number of para-hydroxylation sites is 1. The van der Waals surface area contributed by atoms with Crippen molar-refractivity contribution in [3.63, 3.8) is 0 Å². The summed E-state index contributed by atoms with van der Waals surface area (Å²) in [5, 5.41) is 16.0. The number of nitrogens with one attached hydrogen (secondary N) is 1. The first-order valence-electron chi connectivity index (χ1n) is 9.31. The number of tetrazole rings is 1. The van der Waals surface area contributed by atoms with Crippen molar-refractivity contribution in [3.8, 4) is 5.69 Å². The average molecular weight is 570 g/mol. The second-order valence-corrected chi connectivity index (χ2v) is 11.1. The van der Waals surface area contributed by atoms with Crippen molar-refractivity contribution >= 4 is 74.0 Å². The van der Waals surface area contributed by atoms with E-state index in [0.717, 1.165) is 16.1 Å². The summed E-state index contributed by atoms with van der Waals surface area (Å²) < 4.78 is 2.26. The van der Waals surface area contributed by atoms with E-state index in [9.17, 15) is 4.79 Å². The third-order valence-corrected chi connectivity index (χ3v) is 7.51. The van der Waals surface area contributed by atoms with E-state index in [-0.39, 0.29) is 5.91 Å². The molecule has 0 saturated heterocycles. The fourth-order valence-electron chi connectivity index (χ4n) is 2.81. The van der Waals surface area contributed by atoms with Gasteiger partial charge in [-0.15, -0.1) is 16.4 Å². The molecule has 32 heavy (non-hydrogen) atoms. The molecule has 0 aliphatic rings. The number of halogens is 3. The molecule has 1 atom stereocenters. The van der Waals surface area contributed by atoms with Crippen molar-refractivity contribution in [1.29, 1.82) is 0 Å². The molecule has 0 radical (unpaired) electrons. The van der Waals surface area contributed by atoms with Crippen LogP contribution in [0.15, 0.2) is 57.6 Å². The molecule has 0 unspecified atom stereocenters. The summed E-state index contributed by atoms with van der Waals surface area (Å²) >= 11 is 18.5. The molecule has 1 amide bonds. The van der Waals surface area contributed by atoms with Crippen LogP contribution in [-0.2, 0) is 11.2 Å². The quantitative estimate of drug-likeness (QED) is 0.279. The number of rotatable bonds is 7. The predicted molar refractivity (Wildman–Crippen MR) is 132 cm³/mol. The normalized spacial score (nSPS) is 12.0. The van der Waals surface area contributed by atoms with E-state index < -0.39 is 5.25 Å². The Bertz CT molecular complexity index is 1250. The Morgan fingerprint density at radius 1 is 1.25 bits per heavy atom. The van der Waals surface area contributed by atoms with Gasteiger partial charge in [-0.1, -0.05) is 53.2 Å². The molecule has 0 saturated carbocycles. The lowest BCUT2D eigenvalue weighted by Crippen LogP contribution is -2.23. The van der Waals surface area contributed by atoms with Crippen molar-refractivity contribution in [2.24, 2.45) is 0 Å². The number of carbonyl (C=O) groups excluding carboxylic acids is 1. The molecule has 164 valence electrons. The smallest absolute Gasteiger partial charge is 0.238 e. The van der Waals surface area contributed by atoms with Gasteiger partial charge in [0.15, 0.2) is 3.92 Å². The van der Waals surface area contributed by atoms with Gasteiger partial charge in [-0.3, -0.25) is 4.79 Å². The Hall–Kier alpha value is -1.98. The first-order chi connectivity index (χ1) is 15.4. The summed E-state index contributed by atoms with van der Waals surface area (Å²) in [5.74, 6) is 0.270. The van der Waals surface area contributed by atoms with Crippen LogP contribution in [0.1, 0.15) is 17.4 Å². The molecule has 4 aromatic rings. The van der Waals surface area contributed by atoms with Gasteiger partial charge in [-0.05, 0) is 69.2 Å². The van der Waals surface area contributed by atoms with Crippen LogP contribution >= 0.6 is 62.2 Å². The van der Waals surface area contributed by atoms with Crippen molar-refractivity contribution in [1.82, 2.24) is 25.2 Å². The minimum atomic E-state index is -0.466. The highest BCUT2D eigenvalue weighted by molar-refractivity contribution is 9.11. The van der Waals surface area contributed by atoms with Crippen LogP contribution in [0.4, 0.5) is 5.82 Å². The number of carbonyl (C=O) groups is 1. The number of thiazole rings is 1. The van der Waals surface area contributed by atoms with Crippen molar-refractivity contribution in [3.05, 3.63) is 72.9 Å². The SMILES string of the molecule is C[C@H](Sc1nnnn1-c1ccccc1)C(=O)Nc1nc(Br)sc1Cc1cc(Cl)ccc1Cl. The summed E-state index contributed by atoms with van der Waals surface area (Å²) in [6.45, 7) is 1.79. The van der Waals surface area contributed by atoms with Gasteiger partial charge in [0.2, 0.25) is 11.1 Å². The molecule has 2 aromatic heterocycles. The number of amides is 1. The standard InChI is InChI=1S/C20H15BrCl2N6OS2/c1-11(31-20-26-27-28-29(20)14-5-3-2-4-6-14)18(30)24-17-16(32-19(21)25-17)10-12-9-13(22)7-8-15(12)23/h2-9,11H,10H2,1H3,(H,24,30)/t11-/m0/s1. The van der Waals surface area contributed by atoms with Gasteiger partial charge in [0.05, 0.1) is 15.8 Å². The van der Waals surface area contributed by atoms with Crippen LogP contribution in [0, 0.1) is 0 Å². The van der Waals surface area contributed by atoms with Crippen LogP contribution in [0.25, 0.3) is 5.69 Å². The van der Waals surface area contributed by atoms with Gasteiger partial charge in [-0.25, -0.2) is 4.98 Å². The first-order valence-corrected chi connectivity index (χ1v) is 12.6. The highest BCUT2D eigenvalue weighted by atomic mass is 79.9. The van der Waals surface area contributed by atoms with Gasteiger partial charge in [0.25, 0.3) is 0 Å². The number of anilines is 1. The van der Waals surface area contributed by atoms with Crippen LogP contribution in [0.5, 0.6) is 0 Å². The van der Waals surface area contributed by atoms with Crippen LogP contribution in [0.2, 0.25) is 10.0 Å². The van der Waals surface area contributed by atoms with E-state index in [4.69, 9.17) is 23.2 Å². The summed E-state index contributed by atoms with van der Waals surface area (Å²) in [6, 6.07) is 14.8. The largest absolute Gasteiger partial charge is 0.309 e. The van der Waals surface area contributed by atoms with Crippen LogP contribution < -0.4 is 5.32 Å². The topological polar surface area (TPSA) is 85.6 Å². The molecule has 2 heterocycles. The molecule has 0 aliphatic carbocycles. The molecule has 7 nitrogen and oxygen atoms in total. The van der Waals surface area contributed by atoms with Gasteiger partial charge < -0.3 is 5.32 Å². The Morgan fingerprint density at radius 2 is 2.03 bits per heavy atom. The zero-order valence-electron chi connectivity index (χ0n) is 16.5. The molecule has 0 bridgehead atoms. The third kappa shape index (κ3) is 5.49. The Labute approximate surface area is 210 Å². The lowest BCUT2D eigenvalue weighted by atomic mass is 10.1. The van der Waals surface area contributed by atoms with Crippen molar-refractivity contribution in [2.45, 2.75) is 23.8 Å². The van der Waals surface area contributed by atoms with E-state index in [1.165, 1.54) is 23.1 Å².